The van der Waals surface area contributed by atoms with E-state index in [1.807, 2.05) is 18.2 Å². The van der Waals surface area contributed by atoms with Crippen LogP contribution in [-0.2, 0) is 11.8 Å². The van der Waals surface area contributed by atoms with Gasteiger partial charge in [-0.05, 0) is 59.3 Å². The van der Waals surface area contributed by atoms with Crippen molar-refractivity contribution in [1.82, 2.24) is 0 Å². The van der Waals surface area contributed by atoms with Gasteiger partial charge in [0.15, 0.2) is 0 Å². The van der Waals surface area contributed by atoms with Crippen molar-refractivity contribution >= 4 is 0 Å². The molecule has 0 bridgehead atoms. The molecule has 0 N–H and O–H groups in total. The van der Waals surface area contributed by atoms with E-state index in [0.717, 1.165) is 25.0 Å². The molecule has 0 aliphatic rings. The maximum absolute atomic E-state index is 6.55. The van der Waals surface area contributed by atoms with Gasteiger partial charge in [0.25, 0.3) is 0 Å². The molecule has 0 spiro atoms. The number of benzene rings is 2. The summed E-state index contributed by atoms with van der Waals surface area (Å²) in [5, 5.41) is 0. The van der Waals surface area contributed by atoms with E-state index in [0.29, 0.717) is 5.41 Å². The second kappa shape index (κ2) is 8.54. The van der Waals surface area contributed by atoms with Crippen molar-refractivity contribution in [1.29, 1.82) is 0 Å². The number of ether oxygens (including phenoxy) is 1. The van der Waals surface area contributed by atoms with Gasteiger partial charge in [-0.15, -0.1) is 0 Å². The van der Waals surface area contributed by atoms with Crippen LogP contribution in [0.1, 0.15) is 86.3 Å². The average Bonchev–Trinajstić information content (AvgIpc) is 2.51. The van der Waals surface area contributed by atoms with E-state index in [1.54, 1.807) is 0 Å². The summed E-state index contributed by atoms with van der Waals surface area (Å²) in [7, 11) is 0. The lowest BCUT2D eigenvalue weighted by atomic mass is 9.72. The van der Waals surface area contributed by atoms with Gasteiger partial charge in [0.2, 0.25) is 0 Å². The molecule has 0 fully saturated rings. The first-order chi connectivity index (χ1) is 13.2. The third-order valence-corrected chi connectivity index (χ3v) is 5.30. The van der Waals surface area contributed by atoms with Crippen LogP contribution in [-0.4, -0.2) is 5.60 Å². The van der Waals surface area contributed by atoms with Crippen LogP contribution in [0.5, 0.6) is 5.75 Å². The monoisotopic (exact) mass is 394 g/mol. The van der Waals surface area contributed by atoms with Gasteiger partial charge in [-0.25, -0.2) is 0 Å². The summed E-state index contributed by atoms with van der Waals surface area (Å²) < 4.78 is 6.55. The van der Waals surface area contributed by atoms with Crippen molar-refractivity contribution in [2.45, 2.75) is 92.6 Å². The van der Waals surface area contributed by atoms with Gasteiger partial charge in [0, 0.05) is 6.42 Å². The van der Waals surface area contributed by atoms with Crippen LogP contribution in [0.4, 0.5) is 0 Å². The third-order valence-electron chi connectivity index (χ3n) is 5.30. The van der Waals surface area contributed by atoms with Crippen LogP contribution in [0.3, 0.4) is 0 Å². The van der Waals surface area contributed by atoms with E-state index in [9.17, 15) is 0 Å². The van der Waals surface area contributed by atoms with Crippen LogP contribution >= 0.6 is 0 Å². The van der Waals surface area contributed by atoms with Crippen molar-refractivity contribution in [2.24, 2.45) is 10.8 Å². The molecule has 1 unspecified atom stereocenters. The Morgan fingerprint density at radius 2 is 1.14 bits per heavy atom. The van der Waals surface area contributed by atoms with E-state index in [-0.39, 0.29) is 16.4 Å². The molecule has 160 valence electrons. The van der Waals surface area contributed by atoms with Gasteiger partial charge in [-0.3, -0.25) is 0 Å². The summed E-state index contributed by atoms with van der Waals surface area (Å²) in [4.78, 5) is 0. The van der Waals surface area contributed by atoms with E-state index >= 15 is 0 Å². The molecule has 0 aliphatic carbocycles. The first-order valence-electron chi connectivity index (χ1n) is 11.0. The van der Waals surface area contributed by atoms with Gasteiger partial charge in [0.05, 0.1) is 0 Å². The molecule has 0 aromatic heterocycles. The molecule has 0 saturated heterocycles. The van der Waals surface area contributed by atoms with Crippen LogP contribution in [0.2, 0.25) is 0 Å². The molecule has 29 heavy (non-hydrogen) atoms. The van der Waals surface area contributed by atoms with Crippen LogP contribution in [0, 0.1) is 10.8 Å². The molecule has 1 atom stereocenters. The first kappa shape index (κ1) is 23.5. The minimum Gasteiger partial charge on any atom is -0.487 e. The highest BCUT2D eigenvalue weighted by Crippen LogP contribution is 2.37. The normalized spacial score (nSPS) is 15.1. The van der Waals surface area contributed by atoms with E-state index in [1.165, 1.54) is 11.1 Å². The van der Waals surface area contributed by atoms with Gasteiger partial charge >= 0.3 is 0 Å². The topological polar surface area (TPSA) is 9.23 Å². The zero-order valence-electron chi connectivity index (χ0n) is 20.2. The smallest absolute Gasteiger partial charge is 0.120 e. The maximum atomic E-state index is 6.55. The van der Waals surface area contributed by atoms with Crippen molar-refractivity contribution in [3.63, 3.8) is 0 Å². The molecule has 0 amide bonds. The van der Waals surface area contributed by atoms with Crippen molar-refractivity contribution < 1.29 is 4.74 Å². The zero-order chi connectivity index (χ0) is 21.9. The molecule has 2 aromatic carbocycles. The summed E-state index contributed by atoms with van der Waals surface area (Å²) in [6, 6.07) is 19.5. The number of para-hydroxylation sites is 1. The van der Waals surface area contributed by atoms with E-state index < -0.39 is 0 Å². The SMILES string of the molecule is CC(C)(C)CC(C)(Cc1ccc(C(C)(C)CC(C)(C)C)cc1)Oc1ccccc1. The maximum Gasteiger partial charge on any atom is 0.120 e. The standard InChI is InChI=1S/C28H42O/c1-25(2,3)20-27(7,8)23-17-15-22(16-18-23)19-28(9,21-26(4,5)6)29-24-13-11-10-12-14-24/h10-18H,19-21H2,1-9H3. The van der Waals surface area contributed by atoms with Gasteiger partial charge in [-0.2, -0.15) is 0 Å². The molecule has 0 radical (unpaired) electrons. The highest BCUT2D eigenvalue weighted by molar-refractivity contribution is 5.30. The highest BCUT2D eigenvalue weighted by Gasteiger charge is 2.33. The van der Waals surface area contributed by atoms with E-state index in [4.69, 9.17) is 4.74 Å². The Kier molecular flexibility index (Phi) is 6.93. The summed E-state index contributed by atoms with van der Waals surface area (Å²) in [5.74, 6) is 0.946. The Hall–Kier alpha value is -1.76. The highest BCUT2D eigenvalue weighted by atomic mass is 16.5. The predicted octanol–water partition coefficient (Wildman–Crippen LogP) is 8.22. The lowest BCUT2D eigenvalue weighted by molar-refractivity contribution is 0.0445. The number of rotatable bonds is 7. The molecule has 0 heterocycles. The lowest BCUT2D eigenvalue weighted by Gasteiger charge is -2.37. The third kappa shape index (κ3) is 7.88. The van der Waals surface area contributed by atoms with Gasteiger partial charge in [-0.1, -0.05) is 97.9 Å². The average molecular weight is 395 g/mol. The fraction of sp³-hybridized carbons (Fsp3) is 0.571. The van der Waals surface area contributed by atoms with Crippen molar-refractivity contribution in [3.05, 3.63) is 65.7 Å². The Labute approximate surface area is 179 Å². The van der Waals surface area contributed by atoms with Crippen LogP contribution < -0.4 is 4.74 Å². The minimum absolute atomic E-state index is 0.173. The minimum atomic E-state index is -0.248. The molecular formula is C28H42O. The quantitative estimate of drug-likeness (QED) is 0.459. The molecule has 0 aliphatic heterocycles. The molecular weight excluding hydrogens is 352 g/mol. The summed E-state index contributed by atoms with van der Waals surface area (Å²) in [5.41, 5.74) is 3.18. The molecule has 1 heteroatoms. The zero-order valence-corrected chi connectivity index (χ0v) is 20.2. The fourth-order valence-electron chi connectivity index (χ4n) is 4.96. The Balaban J connectivity index is 2.22. The summed E-state index contributed by atoms with van der Waals surface area (Å²) >= 11 is 0. The summed E-state index contributed by atoms with van der Waals surface area (Å²) in [6.45, 7) is 20.8. The van der Waals surface area contributed by atoms with Gasteiger partial charge in [0.1, 0.15) is 11.4 Å². The fourth-order valence-corrected chi connectivity index (χ4v) is 4.96. The summed E-state index contributed by atoms with van der Waals surface area (Å²) in [6.07, 6.45) is 3.06. The Bertz CT molecular complexity index is 757. The molecule has 2 aromatic rings. The number of hydrogen-bond donors (Lipinski definition) is 0. The van der Waals surface area contributed by atoms with Gasteiger partial charge < -0.3 is 4.74 Å². The van der Waals surface area contributed by atoms with Crippen molar-refractivity contribution in [2.75, 3.05) is 0 Å². The van der Waals surface area contributed by atoms with Crippen molar-refractivity contribution in [3.8, 4) is 5.75 Å². The molecule has 2 rings (SSSR count). The van der Waals surface area contributed by atoms with Crippen LogP contribution in [0.15, 0.2) is 54.6 Å². The number of hydrogen-bond acceptors (Lipinski definition) is 1. The largest absolute Gasteiger partial charge is 0.487 e. The molecule has 1 nitrogen and oxygen atoms in total. The Morgan fingerprint density at radius 3 is 1.62 bits per heavy atom. The van der Waals surface area contributed by atoms with Crippen LogP contribution in [0.25, 0.3) is 0 Å². The second-order valence-electron chi connectivity index (χ2n) is 12.1. The first-order valence-corrected chi connectivity index (χ1v) is 11.0. The lowest BCUT2D eigenvalue weighted by Crippen LogP contribution is -2.39. The molecule has 0 saturated carbocycles. The van der Waals surface area contributed by atoms with E-state index in [2.05, 4.69) is 98.7 Å². The second-order valence-corrected chi connectivity index (χ2v) is 12.1. The Morgan fingerprint density at radius 1 is 0.621 bits per heavy atom. The predicted molar refractivity (Wildman–Crippen MR) is 127 cm³/mol.